The number of sulfonamides is 1. The second kappa shape index (κ2) is 5.40. The van der Waals surface area contributed by atoms with Gasteiger partial charge in [0, 0.05) is 6.20 Å². The molecule has 0 amide bonds. The summed E-state index contributed by atoms with van der Waals surface area (Å²) in [5.74, 6) is 0.324. The minimum Gasteiger partial charge on any atom is -0.263 e. The summed E-state index contributed by atoms with van der Waals surface area (Å²) in [7, 11) is -3.56. The van der Waals surface area contributed by atoms with Crippen molar-refractivity contribution in [2.75, 3.05) is 4.72 Å². The zero-order chi connectivity index (χ0) is 13.9. The van der Waals surface area contributed by atoms with Crippen LogP contribution in [-0.4, -0.2) is 13.4 Å². The molecule has 0 aliphatic heterocycles. The molecule has 0 unspecified atom stereocenters. The summed E-state index contributed by atoms with van der Waals surface area (Å²) in [4.78, 5) is 4.28. The molecule has 1 aromatic carbocycles. The van der Waals surface area contributed by atoms with Crippen LogP contribution in [0.15, 0.2) is 47.5 Å². The third kappa shape index (κ3) is 3.32. The Morgan fingerprint density at radius 1 is 1.11 bits per heavy atom. The first-order chi connectivity index (χ1) is 9.01. The Morgan fingerprint density at radius 3 is 2.32 bits per heavy atom. The minimum absolute atomic E-state index is 0.243. The van der Waals surface area contributed by atoms with Gasteiger partial charge in [-0.1, -0.05) is 25.1 Å². The first kappa shape index (κ1) is 13.5. The monoisotopic (exact) mass is 276 g/mol. The van der Waals surface area contributed by atoms with Crippen molar-refractivity contribution < 1.29 is 8.42 Å². The zero-order valence-corrected chi connectivity index (χ0v) is 11.7. The van der Waals surface area contributed by atoms with Gasteiger partial charge >= 0.3 is 0 Å². The van der Waals surface area contributed by atoms with Gasteiger partial charge in [-0.15, -0.1) is 0 Å². The molecular formula is C14H16N2O2S. The summed E-state index contributed by atoms with van der Waals surface area (Å²) in [6, 6.07) is 10.3. The van der Waals surface area contributed by atoms with Crippen molar-refractivity contribution in [3.05, 3.63) is 53.7 Å². The molecule has 1 heterocycles. The number of aromatic nitrogens is 1. The maximum absolute atomic E-state index is 12.1. The van der Waals surface area contributed by atoms with Crippen LogP contribution in [0.5, 0.6) is 0 Å². The highest BCUT2D eigenvalue weighted by Crippen LogP contribution is 2.15. The summed E-state index contributed by atoms with van der Waals surface area (Å²) in [6.45, 7) is 3.92. The molecule has 0 spiro atoms. The summed E-state index contributed by atoms with van der Waals surface area (Å²) in [5.41, 5.74) is 2.09. The van der Waals surface area contributed by atoms with Gasteiger partial charge in [0.25, 0.3) is 10.0 Å². The molecule has 0 radical (unpaired) electrons. The third-order valence-electron chi connectivity index (χ3n) is 2.79. The van der Waals surface area contributed by atoms with Crippen molar-refractivity contribution in [1.82, 2.24) is 4.98 Å². The van der Waals surface area contributed by atoms with Gasteiger partial charge in [-0.3, -0.25) is 4.72 Å². The number of nitrogens with zero attached hydrogens (tertiary/aromatic N) is 1. The highest BCUT2D eigenvalue weighted by molar-refractivity contribution is 7.92. The van der Waals surface area contributed by atoms with Crippen molar-refractivity contribution >= 4 is 15.8 Å². The van der Waals surface area contributed by atoms with E-state index in [4.69, 9.17) is 0 Å². The number of hydrogen-bond donors (Lipinski definition) is 1. The fourth-order valence-corrected chi connectivity index (χ4v) is 2.64. The number of aryl methyl sites for hydroxylation is 2. The Labute approximate surface area is 113 Å². The normalized spacial score (nSPS) is 11.3. The van der Waals surface area contributed by atoms with E-state index in [1.165, 1.54) is 0 Å². The predicted molar refractivity (Wildman–Crippen MR) is 75.6 cm³/mol. The standard InChI is InChI=1S/C14H16N2O2S/c1-3-12-5-7-13(8-6-12)19(17,18)16-14-9-4-11(2)10-15-14/h4-10H,3H2,1-2H3,(H,15,16). The molecule has 0 bridgehead atoms. The van der Waals surface area contributed by atoms with Gasteiger partial charge in [-0.25, -0.2) is 13.4 Å². The van der Waals surface area contributed by atoms with Crippen LogP contribution in [-0.2, 0) is 16.4 Å². The van der Waals surface area contributed by atoms with E-state index in [0.717, 1.165) is 17.5 Å². The van der Waals surface area contributed by atoms with Crippen LogP contribution in [0.2, 0.25) is 0 Å². The van der Waals surface area contributed by atoms with Gasteiger partial charge in [0.1, 0.15) is 5.82 Å². The molecule has 0 aliphatic carbocycles. The van der Waals surface area contributed by atoms with Crippen molar-refractivity contribution in [3.63, 3.8) is 0 Å². The predicted octanol–water partition coefficient (Wildman–Crippen LogP) is 2.75. The van der Waals surface area contributed by atoms with Crippen molar-refractivity contribution in [2.24, 2.45) is 0 Å². The first-order valence-corrected chi connectivity index (χ1v) is 7.54. The summed E-state index contributed by atoms with van der Waals surface area (Å²) in [5, 5.41) is 0. The van der Waals surface area contributed by atoms with Gasteiger partial charge in [0.05, 0.1) is 4.90 Å². The van der Waals surface area contributed by atoms with Gasteiger partial charge < -0.3 is 0 Å². The fraction of sp³-hybridized carbons (Fsp3) is 0.214. The summed E-state index contributed by atoms with van der Waals surface area (Å²) < 4.78 is 26.7. The Hall–Kier alpha value is -1.88. The molecule has 100 valence electrons. The summed E-state index contributed by atoms with van der Waals surface area (Å²) >= 11 is 0. The van der Waals surface area contributed by atoms with E-state index in [9.17, 15) is 8.42 Å². The van der Waals surface area contributed by atoms with Crippen LogP contribution in [0, 0.1) is 6.92 Å². The quantitative estimate of drug-likeness (QED) is 0.934. The van der Waals surface area contributed by atoms with Crippen LogP contribution in [0.1, 0.15) is 18.1 Å². The molecule has 0 saturated heterocycles. The SMILES string of the molecule is CCc1ccc(S(=O)(=O)Nc2ccc(C)cn2)cc1. The Kier molecular flexibility index (Phi) is 3.85. The van der Waals surface area contributed by atoms with Gasteiger partial charge in [-0.2, -0.15) is 0 Å². The number of hydrogen-bond acceptors (Lipinski definition) is 3. The maximum atomic E-state index is 12.1. The summed E-state index contributed by atoms with van der Waals surface area (Å²) in [6.07, 6.45) is 2.51. The van der Waals surface area contributed by atoms with E-state index >= 15 is 0 Å². The van der Waals surface area contributed by atoms with Crippen LogP contribution in [0.25, 0.3) is 0 Å². The molecule has 4 nitrogen and oxygen atoms in total. The number of pyridine rings is 1. The molecule has 1 N–H and O–H groups in total. The molecule has 0 saturated carbocycles. The molecular weight excluding hydrogens is 260 g/mol. The second-order valence-electron chi connectivity index (χ2n) is 4.32. The smallest absolute Gasteiger partial charge is 0.263 e. The van der Waals surface area contributed by atoms with E-state index in [-0.39, 0.29) is 4.90 Å². The van der Waals surface area contributed by atoms with E-state index in [2.05, 4.69) is 9.71 Å². The Balaban J connectivity index is 2.24. The number of benzene rings is 1. The van der Waals surface area contributed by atoms with Gasteiger partial charge in [0.15, 0.2) is 0 Å². The number of nitrogens with one attached hydrogen (secondary N) is 1. The lowest BCUT2D eigenvalue weighted by Crippen LogP contribution is -2.13. The van der Waals surface area contributed by atoms with E-state index in [1.54, 1.807) is 24.4 Å². The molecule has 0 aliphatic rings. The second-order valence-corrected chi connectivity index (χ2v) is 6.01. The molecule has 2 rings (SSSR count). The lowest BCUT2D eigenvalue weighted by Gasteiger charge is -2.08. The van der Waals surface area contributed by atoms with E-state index < -0.39 is 10.0 Å². The van der Waals surface area contributed by atoms with E-state index in [1.807, 2.05) is 32.0 Å². The minimum atomic E-state index is -3.56. The highest BCUT2D eigenvalue weighted by Gasteiger charge is 2.14. The first-order valence-electron chi connectivity index (χ1n) is 6.05. The Morgan fingerprint density at radius 2 is 1.79 bits per heavy atom. The average Bonchev–Trinajstić information content (AvgIpc) is 2.41. The van der Waals surface area contributed by atoms with Crippen molar-refractivity contribution in [2.45, 2.75) is 25.2 Å². The van der Waals surface area contributed by atoms with Crippen molar-refractivity contribution in [1.29, 1.82) is 0 Å². The molecule has 19 heavy (non-hydrogen) atoms. The van der Waals surface area contributed by atoms with Gasteiger partial charge in [-0.05, 0) is 42.7 Å². The molecule has 2 aromatic rings. The molecule has 1 aromatic heterocycles. The Bertz CT molecular complexity index is 647. The molecule has 0 atom stereocenters. The fourth-order valence-electron chi connectivity index (χ4n) is 1.63. The van der Waals surface area contributed by atoms with Crippen LogP contribution < -0.4 is 4.72 Å². The lowest BCUT2D eigenvalue weighted by molar-refractivity contribution is 0.601. The van der Waals surface area contributed by atoms with Crippen LogP contribution in [0.4, 0.5) is 5.82 Å². The highest BCUT2D eigenvalue weighted by atomic mass is 32.2. The maximum Gasteiger partial charge on any atom is 0.263 e. The zero-order valence-electron chi connectivity index (χ0n) is 10.9. The largest absolute Gasteiger partial charge is 0.263 e. The molecule has 5 heteroatoms. The number of anilines is 1. The molecule has 0 fully saturated rings. The average molecular weight is 276 g/mol. The van der Waals surface area contributed by atoms with Crippen LogP contribution >= 0.6 is 0 Å². The topological polar surface area (TPSA) is 59.1 Å². The lowest BCUT2D eigenvalue weighted by atomic mass is 10.2. The van der Waals surface area contributed by atoms with Crippen molar-refractivity contribution in [3.8, 4) is 0 Å². The van der Waals surface area contributed by atoms with Crippen LogP contribution in [0.3, 0.4) is 0 Å². The third-order valence-corrected chi connectivity index (χ3v) is 4.16. The number of rotatable bonds is 4. The van der Waals surface area contributed by atoms with E-state index in [0.29, 0.717) is 5.82 Å². The van der Waals surface area contributed by atoms with Gasteiger partial charge in [0.2, 0.25) is 0 Å².